The van der Waals surface area contributed by atoms with Crippen molar-refractivity contribution in [2.75, 3.05) is 0 Å². The van der Waals surface area contributed by atoms with Crippen molar-refractivity contribution in [2.45, 2.75) is 4.90 Å². The number of halogens is 1. The fourth-order valence-corrected chi connectivity index (χ4v) is 1.40. The first kappa shape index (κ1) is 11.9. The first-order chi connectivity index (χ1) is 5.17. The molecule has 0 N–H and O–H groups in total. The van der Waals surface area contributed by atoms with Gasteiger partial charge >= 0.3 is 10.1 Å². The van der Waals surface area contributed by atoms with Gasteiger partial charge in [0.2, 0.25) is 0 Å². The third kappa shape index (κ3) is 2.77. The van der Waals surface area contributed by atoms with Gasteiger partial charge < -0.3 is 0 Å². The Morgan fingerprint density at radius 2 is 1.67 bits per heavy atom. The van der Waals surface area contributed by atoms with Gasteiger partial charge in [0.25, 0.3) is 0 Å². The summed E-state index contributed by atoms with van der Waals surface area (Å²) in [6.07, 6.45) is 0. The van der Waals surface area contributed by atoms with E-state index >= 15 is 0 Å². The molecule has 0 fully saturated rings. The molecule has 0 atom stereocenters. The predicted molar refractivity (Wildman–Crippen MR) is 40.6 cm³/mol. The van der Waals surface area contributed by atoms with Crippen molar-refractivity contribution in [3.8, 4) is 0 Å². The molecule has 68 valence electrons. The van der Waals surface area contributed by atoms with E-state index in [4.69, 9.17) is 11.9 Å². The van der Waals surface area contributed by atoms with Gasteiger partial charge in [-0.05, 0) is 12.1 Å². The van der Waals surface area contributed by atoms with E-state index in [-0.39, 0.29) is 22.0 Å². The van der Waals surface area contributed by atoms with Gasteiger partial charge in [-0.1, -0.05) is 18.2 Å². The Bertz CT molecular complexity index is 324. The van der Waals surface area contributed by atoms with Crippen LogP contribution < -0.4 is 0 Å². The van der Waals surface area contributed by atoms with E-state index in [2.05, 4.69) is 3.74 Å². The second-order valence-corrected chi connectivity index (χ2v) is 3.71. The average Bonchev–Trinajstić information content (AvgIpc) is 2.06. The summed E-state index contributed by atoms with van der Waals surface area (Å²) < 4.78 is 25.5. The van der Waals surface area contributed by atoms with Crippen molar-refractivity contribution in [3.63, 3.8) is 0 Å². The molecule has 12 heavy (non-hydrogen) atoms. The minimum atomic E-state index is -3.73. The molecule has 0 aromatic heterocycles. The van der Waals surface area contributed by atoms with Gasteiger partial charge in [-0.2, -0.15) is 12.2 Å². The Morgan fingerprint density at radius 3 is 2.08 bits per heavy atom. The van der Waals surface area contributed by atoms with Gasteiger partial charge in [-0.25, -0.2) is 0 Å². The third-order valence-corrected chi connectivity index (χ3v) is 2.63. The van der Waals surface area contributed by atoms with E-state index < -0.39 is 10.1 Å². The van der Waals surface area contributed by atoms with Crippen molar-refractivity contribution in [1.29, 1.82) is 0 Å². The molecular formula is C6H5ClFeO3S. The van der Waals surface area contributed by atoms with Crippen molar-refractivity contribution in [1.82, 2.24) is 0 Å². The molecule has 1 aromatic carbocycles. The SMILES string of the molecule is O=S(=O)(OCl)c1ccccc1.[Fe]. The van der Waals surface area contributed by atoms with Crippen LogP contribution in [-0.4, -0.2) is 8.42 Å². The number of benzene rings is 1. The molecule has 0 radical (unpaired) electrons. The zero-order valence-electron chi connectivity index (χ0n) is 5.75. The molecule has 0 aliphatic heterocycles. The molecule has 0 saturated carbocycles. The second kappa shape index (κ2) is 4.84. The molecule has 1 aromatic rings. The summed E-state index contributed by atoms with van der Waals surface area (Å²) in [6, 6.07) is 7.67. The van der Waals surface area contributed by atoms with Crippen LogP contribution in [0.5, 0.6) is 0 Å². The van der Waals surface area contributed by atoms with E-state index in [1.807, 2.05) is 0 Å². The molecule has 0 aliphatic carbocycles. The summed E-state index contributed by atoms with van der Waals surface area (Å²) in [5.74, 6) is 0. The summed E-state index contributed by atoms with van der Waals surface area (Å²) in [6.45, 7) is 0. The fourth-order valence-electron chi connectivity index (χ4n) is 0.624. The zero-order valence-corrected chi connectivity index (χ0v) is 8.43. The molecule has 1 rings (SSSR count). The summed E-state index contributed by atoms with van der Waals surface area (Å²) >= 11 is 4.74. The Balaban J connectivity index is 0.00000121. The second-order valence-electron chi connectivity index (χ2n) is 1.83. The maximum Gasteiger partial charge on any atom is 0.312 e. The molecule has 0 bridgehead atoms. The summed E-state index contributed by atoms with van der Waals surface area (Å²) in [5, 5.41) is 0. The number of hydrogen-bond donors (Lipinski definition) is 0. The van der Waals surface area contributed by atoms with E-state index in [0.717, 1.165) is 0 Å². The molecule has 0 spiro atoms. The van der Waals surface area contributed by atoms with E-state index in [0.29, 0.717) is 0 Å². The molecule has 0 amide bonds. The molecule has 0 unspecified atom stereocenters. The van der Waals surface area contributed by atoms with E-state index in [1.165, 1.54) is 12.1 Å². The van der Waals surface area contributed by atoms with Crippen molar-refractivity contribution < 1.29 is 29.2 Å². The Labute approximate surface area is 86.5 Å². The van der Waals surface area contributed by atoms with E-state index in [1.54, 1.807) is 18.2 Å². The average molecular weight is 248 g/mol. The van der Waals surface area contributed by atoms with Crippen LogP contribution >= 0.6 is 11.9 Å². The number of rotatable bonds is 2. The first-order valence-electron chi connectivity index (χ1n) is 2.77. The van der Waals surface area contributed by atoms with Gasteiger partial charge in [0.05, 0.1) is 16.8 Å². The van der Waals surface area contributed by atoms with Gasteiger partial charge in [0.15, 0.2) is 0 Å². The molecular weight excluding hydrogens is 243 g/mol. The summed E-state index contributed by atoms with van der Waals surface area (Å²) in [5.41, 5.74) is 0. The van der Waals surface area contributed by atoms with E-state index in [9.17, 15) is 8.42 Å². The van der Waals surface area contributed by atoms with Crippen LogP contribution in [0.2, 0.25) is 0 Å². The fraction of sp³-hybridized carbons (Fsp3) is 0. The Morgan fingerprint density at radius 1 is 1.17 bits per heavy atom. The van der Waals surface area contributed by atoms with Crippen LogP contribution in [0.3, 0.4) is 0 Å². The van der Waals surface area contributed by atoms with Gasteiger partial charge in [-0.15, -0.1) is 0 Å². The minimum Gasteiger partial charge on any atom is -0.193 e. The van der Waals surface area contributed by atoms with Crippen molar-refractivity contribution in [2.24, 2.45) is 0 Å². The smallest absolute Gasteiger partial charge is 0.193 e. The maximum absolute atomic E-state index is 10.8. The van der Waals surface area contributed by atoms with Gasteiger partial charge in [0.1, 0.15) is 0 Å². The van der Waals surface area contributed by atoms with Crippen molar-refractivity contribution >= 4 is 22.0 Å². The standard InChI is InChI=1S/C6H5ClO3S.Fe/c7-10-11(8,9)6-4-2-1-3-5-6;/h1-5H;. The molecule has 0 aliphatic rings. The van der Waals surface area contributed by atoms with Gasteiger partial charge in [-0.3, -0.25) is 0 Å². The molecule has 6 heteroatoms. The normalized spacial score (nSPS) is 10.4. The monoisotopic (exact) mass is 248 g/mol. The van der Waals surface area contributed by atoms with Crippen LogP contribution in [0.1, 0.15) is 0 Å². The minimum absolute atomic E-state index is 0. The van der Waals surface area contributed by atoms with Crippen LogP contribution in [0.15, 0.2) is 35.2 Å². The molecule has 0 heterocycles. The van der Waals surface area contributed by atoms with Crippen LogP contribution in [0, 0.1) is 0 Å². The van der Waals surface area contributed by atoms with Gasteiger partial charge in [0, 0.05) is 17.1 Å². The predicted octanol–water partition coefficient (Wildman–Crippen LogP) is 1.54. The summed E-state index contributed by atoms with van der Waals surface area (Å²) in [4.78, 5) is 0.0509. The topological polar surface area (TPSA) is 43.4 Å². The van der Waals surface area contributed by atoms with Crippen LogP contribution in [0.4, 0.5) is 0 Å². The third-order valence-electron chi connectivity index (χ3n) is 1.11. The Kier molecular flexibility index (Phi) is 4.82. The first-order valence-corrected chi connectivity index (χ1v) is 4.49. The Hall–Kier alpha value is -0.0605. The number of hydrogen-bond acceptors (Lipinski definition) is 3. The molecule has 0 saturated heterocycles. The van der Waals surface area contributed by atoms with Crippen molar-refractivity contribution in [3.05, 3.63) is 30.3 Å². The quantitative estimate of drug-likeness (QED) is 0.746. The summed E-state index contributed by atoms with van der Waals surface area (Å²) in [7, 11) is -3.73. The van der Waals surface area contributed by atoms with Crippen LogP contribution in [-0.2, 0) is 30.9 Å². The maximum atomic E-state index is 10.8. The van der Waals surface area contributed by atoms with Crippen LogP contribution in [0.25, 0.3) is 0 Å². The largest absolute Gasteiger partial charge is 0.312 e. The molecule has 3 nitrogen and oxygen atoms in total. The zero-order chi connectivity index (χ0) is 8.32.